The summed E-state index contributed by atoms with van der Waals surface area (Å²) in [6, 6.07) is 6.38. The molecule has 2 aromatic rings. The molecule has 1 unspecified atom stereocenters. The molecule has 0 aliphatic heterocycles. The Kier molecular flexibility index (Phi) is 4.80. The molecule has 0 saturated heterocycles. The number of hydrogen-bond acceptors (Lipinski definition) is 3. The highest BCUT2D eigenvalue weighted by atomic mass is 19.4. The summed E-state index contributed by atoms with van der Waals surface area (Å²) in [5.74, 6) is -0.0130. The van der Waals surface area contributed by atoms with Gasteiger partial charge in [-0.1, -0.05) is 18.2 Å². The Morgan fingerprint density at radius 2 is 2.08 bits per heavy atom. The summed E-state index contributed by atoms with van der Waals surface area (Å²) in [7, 11) is 0. The lowest BCUT2D eigenvalue weighted by Gasteiger charge is -2.13. The highest BCUT2D eigenvalue weighted by Crippen LogP contribution is 2.37. The average Bonchev–Trinajstić information content (AvgIpc) is 3.30. The normalized spacial score (nSPS) is 15.8. The Bertz CT molecular complexity index is 754. The SMILES string of the molecule is O=C(NCC(CO)C1CC1)c1cc(-c2ccccc2C(F)(F)F)n[nH]1. The van der Waals surface area contributed by atoms with Gasteiger partial charge >= 0.3 is 6.18 Å². The average molecular weight is 353 g/mol. The first-order valence-corrected chi connectivity index (χ1v) is 8.01. The number of halogens is 3. The van der Waals surface area contributed by atoms with E-state index >= 15 is 0 Å². The number of aromatic amines is 1. The van der Waals surface area contributed by atoms with Gasteiger partial charge in [-0.15, -0.1) is 0 Å². The molecule has 1 aromatic carbocycles. The number of aromatic nitrogens is 2. The topological polar surface area (TPSA) is 78.0 Å². The molecule has 5 nitrogen and oxygen atoms in total. The van der Waals surface area contributed by atoms with Gasteiger partial charge in [0.2, 0.25) is 0 Å². The van der Waals surface area contributed by atoms with Crippen LogP contribution in [-0.2, 0) is 6.18 Å². The molecular weight excluding hydrogens is 335 g/mol. The minimum absolute atomic E-state index is 0.00185. The monoisotopic (exact) mass is 353 g/mol. The van der Waals surface area contributed by atoms with Crippen molar-refractivity contribution >= 4 is 5.91 Å². The van der Waals surface area contributed by atoms with Crippen LogP contribution in [0.15, 0.2) is 30.3 Å². The van der Waals surface area contributed by atoms with Crippen LogP contribution in [0.2, 0.25) is 0 Å². The van der Waals surface area contributed by atoms with E-state index in [0.717, 1.165) is 18.9 Å². The molecule has 1 amide bonds. The van der Waals surface area contributed by atoms with Crippen LogP contribution < -0.4 is 5.32 Å². The Morgan fingerprint density at radius 3 is 2.72 bits per heavy atom. The van der Waals surface area contributed by atoms with Crippen molar-refractivity contribution < 1.29 is 23.1 Å². The largest absolute Gasteiger partial charge is 0.417 e. The van der Waals surface area contributed by atoms with Gasteiger partial charge in [0.15, 0.2) is 0 Å². The molecule has 1 saturated carbocycles. The summed E-state index contributed by atoms with van der Waals surface area (Å²) in [6.07, 6.45) is -2.41. The van der Waals surface area contributed by atoms with Gasteiger partial charge in [-0.2, -0.15) is 18.3 Å². The summed E-state index contributed by atoms with van der Waals surface area (Å²) in [4.78, 5) is 12.1. The zero-order valence-corrected chi connectivity index (χ0v) is 13.3. The number of aliphatic hydroxyl groups excluding tert-OH is 1. The number of carbonyl (C=O) groups excluding carboxylic acids is 1. The van der Waals surface area contributed by atoms with E-state index in [1.807, 2.05) is 0 Å². The van der Waals surface area contributed by atoms with Crippen LogP contribution in [0.4, 0.5) is 13.2 Å². The van der Waals surface area contributed by atoms with Gasteiger partial charge < -0.3 is 10.4 Å². The number of amides is 1. The van der Waals surface area contributed by atoms with Crippen molar-refractivity contribution in [2.75, 3.05) is 13.2 Å². The minimum Gasteiger partial charge on any atom is -0.396 e. The first-order chi connectivity index (χ1) is 11.9. The maximum Gasteiger partial charge on any atom is 0.417 e. The number of nitrogens with one attached hydrogen (secondary N) is 2. The van der Waals surface area contributed by atoms with Crippen LogP contribution in [0.5, 0.6) is 0 Å². The second-order valence-corrected chi connectivity index (χ2v) is 6.20. The summed E-state index contributed by atoms with van der Waals surface area (Å²) in [6.45, 7) is 0.325. The lowest BCUT2D eigenvalue weighted by atomic mass is 10.0. The number of rotatable bonds is 6. The molecule has 1 atom stereocenters. The van der Waals surface area contributed by atoms with E-state index in [-0.39, 0.29) is 29.5 Å². The Balaban J connectivity index is 1.73. The van der Waals surface area contributed by atoms with Gasteiger partial charge in [0.1, 0.15) is 5.69 Å². The van der Waals surface area contributed by atoms with Crippen molar-refractivity contribution in [3.63, 3.8) is 0 Å². The number of alkyl halides is 3. The van der Waals surface area contributed by atoms with Crippen LogP contribution in [0, 0.1) is 11.8 Å². The fraction of sp³-hybridized carbons (Fsp3) is 0.412. The number of aliphatic hydroxyl groups is 1. The maximum absolute atomic E-state index is 13.1. The number of hydrogen-bond donors (Lipinski definition) is 3. The van der Waals surface area contributed by atoms with Gasteiger partial charge in [-0.3, -0.25) is 9.89 Å². The Hall–Kier alpha value is -2.35. The van der Waals surface area contributed by atoms with Crippen molar-refractivity contribution in [1.29, 1.82) is 0 Å². The van der Waals surface area contributed by atoms with E-state index in [1.165, 1.54) is 24.3 Å². The standard InChI is InChI=1S/C17H18F3N3O2/c18-17(19,20)13-4-2-1-3-12(13)14-7-15(23-22-14)16(25)21-8-11(9-24)10-5-6-10/h1-4,7,10-11,24H,5-6,8-9H2,(H,21,25)(H,22,23). The molecular formula is C17H18F3N3O2. The third-order valence-electron chi connectivity index (χ3n) is 4.38. The van der Waals surface area contributed by atoms with Crippen LogP contribution >= 0.6 is 0 Å². The number of carbonyl (C=O) groups is 1. The van der Waals surface area contributed by atoms with Gasteiger partial charge in [0, 0.05) is 24.6 Å². The van der Waals surface area contributed by atoms with E-state index < -0.39 is 17.6 Å². The fourth-order valence-corrected chi connectivity index (χ4v) is 2.80. The van der Waals surface area contributed by atoms with Crippen LogP contribution in [0.25, 0.3) is 11.3 Å². The van der Waals surface area contributed by atoms with Gasteiger partial charge in [0.05, 0.1) is 11.3 Å². The van der Waals surface area contributed by atoms with E-state index in [4.69, 9.17) is 0 Å². The number of H-pyrrole nitrogens is 1. The van der Waals surface area contributed by atoms with Gasteiger partial charge in [0.25, 0.3) is 5.91 Å². The molecule has 1 aliphatic rings. The molecule has 1 heterocycles. The van der Waals surface area contributed by atoms with Crippen LogP contribution in [-0.4, -0.2) is 34.4 Å². The van der Waals surface area contributed by atoms with Gasteiger partial charge in [-0.05, 0) is 30.9 Å². The Labute approximate surface area is 142 Å². The summed E-state index contributed by atoms with van der Waals surface area (Å²) >= 11 is 0. The molecule has 1 aliphatic carbocycles. The molecule has 0 spiro atoms. The molecule has 3 rings (SSSR count). The highest BCUT2D eigenvalue weighted by molar-refractivity contribution is 5.93. The lowest BCUT2D eigenvalue weighted by molar-refractivity contribution is -0.137. The molecule has 1 aromatic heterocycles. The van der Waals surface area contributed by atoms with E-state index in [9.17, 15) is 23.1 Å². The van der Waals surface area contributed by atoms with Crippen molar-refractivity contribution in [3.05, 3.63) is 41.6 Å². The van der Waals surface area contributed by atoms with E-state index in [1.54, 1.807) is 0 Å². The Morgan fingerprint density at radius 1 is 1.36 bits per heavy atom. The van der Waals surface area contributed by atoms with Crippen molar-refractivity contribution in [1.82, 2.24) is 15.5 Å². The predicted octanol–water partition coefficient (Wildman–Crippen LogP) is 2.84. The predicted molar refractivity (Wildman–Crippen MR) is 84.7 cm³/mol. The first kappa shape index (κ1) is 17.5. The zero-order chi connectivity index (χ0) is 18.0. The number of benzene rings is 1. The smallest absolute Gasteiger partial charge is 0.396 e. The van der Waals surface area contributed by atoms with Crippen molar-refractivity contribution in [2.24, 2.45) is 11.8 Å². The highest BCUT2D eigenvalue weighted by Gasteiger charge is 2.34. The van der Waals surface area contributed by atoms with E-state index in [0.29, 0.717) is 12.5 Å². The zero-order valence-electron chi connectivity index (χ0n) is 13.3. The second-order valence-electron chi connectivity index (χ2n) is 6.20. The third-order valence-corrected chi connectivity index (χ3v) is 4.38. The quantitative estimate of drug-likeness (QED) is 0.747. The van der Waals surface area contributed by atoms with Crippen molar-refractivity contribution in [2.45, 2.75) is 19.0 Å². The van der Waals surface area contributed by atoms with Gasteiger partial charge in [-0.25, -0.2) is 0 Å². The fourth-order valence-electron chi connectivity index (χ4n) is 2.80. The molecule has 8 heteroatoms. The third kappa shape index (κ3) is 4.01. The maximum atomic E-state index is 13.1. The van der Waals surface area contributed by atoms with Crippen molar-refractivity contribution in [3.8, 4) is 11.3 Å². The lowest BCUT2D eigenvalue weighted by Crippen LogP contribution is -2.32. The van der Waals surface area contributed by atoms with Crippen LogP contribution in [0.3, 0.4) is 0 Å². The number of nitrogens with zero attached hydrogens (tertiary/aromatic N) is 1. The minimum atomic E-state index is -4.50. The molecule has 1 fully saturated rings. The second kappa shape index (κ2) is 6.87. The first-order valence-electron chi connectivity index (χ1n) is 8.01. The molecule has 134 valence electrons. The van der Waals surface area contributed by atoms with Crippen LogP contribution in [0.1, 0.15) is 28.9 Å². The summed E-state index contributed by atoms with van der Waals surface area (Å²) in [5.41, 5.74) is -0.752. The summed E-state index contributed by atoms with van der Waals surface area (Å²) in [5, 5.41) is 18.3. The molecule has 3 N–H and O–H groups in total. The molecule has 0 radical (unpaired) electrons. The molecule has 25 heavy (non-hydrogen) atoms. The summed E-state index contributed by atoms with van der Waals surface area (Å²) < 4.78 is 39.3. The van der Waals surface area contributed by atoms with E-state index in [2.05, 4.69) is 15.5 Å². The molecule has 0 bridgehead atoms.